The van der Waals surface area contributed by atoms with Gasteiger partial charge in [-0.05, 0) is 43.6 Å². The van der Waals surface area contributed by atoms with Gasteiger partial charge in [0.1, 0.15) is 0 Å². The van der Waals surface area contributed by atoms with Crippen LogP contribution >= 0.6 is 0 Å². The zero-order chi connectivity index (χ0) is 13.6. The highest BCUT2D eigenvalue weighted by Crippen LogP contribution is 2.11. The summed E-state index contributed by atoms with van der Waals surface area (Å²) in [4.78, 5) is 0.330. The van der Waals surface area contributed by atoms with Crippen LogP contribution in [0.1, 0.15) is 19.4 Å². The molecule has 0 spiro atoms. The Morgan fingerprint density at radius 3 is 2.28 bits per heavy atom. The monoisotopic (exact) mass is 270 g/mol. The molecule has 0 heterocycles. The Labute approximate surface area is 110 Å². The Bertz CT molecular complexity index is 454. The minimum absolute atomic E-state index is 0.264. The first-order valence-corrected chi connectivity index (χ1v) is 7.71. The van der Waals surface area contributed by atoms with E-state index in [0.29, 0.717) is 11.4 Å². The molecule has 0 amide bonds. The van der Waals surface area contributed by atoms with Gasteiger partial charge >= 0.3 is 0 Å². The normalized spacial score (nSPS) is 13.5. The Balaban J connectivity index is 2.67. The molecule has 0 aliphatic carbocycles. The quantitative estimate of drug-likeness (QED) is 0.787. The molecule has 0 bridgehead atoms. The standard InChI is InChI=1S/C13H22N2O2S/c1-4-12-5-7-13(8-6-12)18(16,17)15-10-11(2)9-14-3/h5-8,11,14-15H,4,9-10H2,1-3H3. The molecule has 4 nitrogen and oxygen atoms in total. The molecule has 1 aromatic rings. The zero-order valence-electron chi connectivity index (χ0n) is 11.2. The van der Waals surface area contributed by atoms with Gasteiger partial charge in [-0.25, -0.2) is 13.1 Å². The molecule has 18 heavy (non-hydrogen) atoms. The maximum absolute atomic E-state index is 12.0. The van der Waals surface area contributed by atoms with Gasteiger partial charge in [-0.3, -0.25) is 0 Å². The Kier molecular flexibility index (Phi) is 5.78. The van der Waals surface area contributed by atoms with Crippen LogP contribution in [0, 0.1) is 5.92 Å². The zero-order valence-corrected chi connectivity index (χ0v) is 12.0. The Morgan fingerprint density at radius 1 is 1.17 bits per heavy atom. The lowest BCUT2D eigenvalue weighted by Gasteiger charge is -2.12. The van der Waals surface area contributed by atoms with Crippen molar-refractivity contribution in [3.05, 3.63) is 29.8 Å². The van der Waals surface area contributed by atoms with E-state index in [1.54, 1.807) is 12.1 Å². The summed E-state index contributed by atoms with van der Waals surface area (Å²) in [6.07, 6.45) is 0.910. The number of aryl methyl sites for hydroxylation is 1. The van der Waals surface area contributed by atoms with Gasteiger partial charge in [-0.1, -0.05) is 26.0 Å². The molecule has 0 aliphatic rings. The third kappa shape index (κ3) is 4.40. The second-order valence-corrected chi connectivity index (χ2v) is 6.28. The lowest BCUT2D eigenvalue weighted by Crippen LogP contribution is -2.32. The van der Waals surface area contributed by atoms with Crippen molar-refractivity contribution in [3.63, 3.8) is 0 Å². The van der Waals surface area contributed by atoms with Crippen molar-refractivity contribution in [3.8, 4) is 0 Å². The van der Waals surface area contributed by atoms with Crippen LogP contribution in [-0.2, 0) is 16.4 Å². The van der Waals surface area contributed by atoms with Crippen LogP contribution in [-0.4, -0.2) is 28.6 Å². The molecule has 0 aromatic heterocycles. The van der Waals surface area contributed by atoms with Crippen LogP contribution in [0.2, 0.25) is 0 Å². The first-order valence-electron chi connectivity index (χ1n) is 6.22. The van der Waals surface area contributed by atoms with Crippen molar-refractivity contribution in [2.45, 2.75) is 25.2 Å². The van der Waals surface area contributed by atoms with Gasteiger partial charge in [0.15, 0.2) is 0 Å². The van der Waals surface area contributed by atoms with Crippen LogP contribution in [0.25, 0.3) is 0 Å². The van der Waals surface area contributed by atoms with E-state index in [-0.39, 0.29) is 5.92 Å². The summed E-state index contributed by atoms with van der Waals surface area (Å²) < 4.78 is 26.6. The Morgan fingerprint density at radius 2 is 1.78 bits per heavy atom. The van der Waals surface area contributed by atoms with Gasteiger partial charge < -0.3 is 5.32 Å². The molecule has 0 saturated carbocycles. The molecule has 0 radical (unpaired) electrons. The van der Waals surface area contributed by atoms with E-state index >= 15 is 0 Å². The van der Waals surface area contributed by atoms with E-state index in [4.69, 9.17) is 0 Å². The molecule has 5 heteroatoms. The summed E-state index contributed by atoms with van der Waals surface area (Å²) in [6, 6.07) is 7.02. The van der Waals surface area contributed by atoms with E-state index in [1.807, 2.05) is 33.0 Å². The molecule has 0 aliphatic heterocycles. The van der Waals surface area contributed by atoms with Gasteiger partial charge in [0, 0.05) is 6.54 Å². The highest BCUT2D eigenvalue weighted by atomic mass is 32.2. The summed E-state index contributed by atoms with van der Waals surface area (Å²) in [5.41, 5.74) is 1.14. The number of benzene rings is 1. The second-order valence-electron chi connectivity index (χ2n) is 4.51. The van der Waals surface area contributed by atoms with Crippen molar-refractivity contribution in [1.82, 2.24) is 10.0 Å². The highest BCUT2D eigenvalue weighted by Gasteiger charge is 2.14. The Hall–Kier alpha value is -0.910. The topological polar surface area (TPSA) is 58.2 Å². The van der Waals surface area contributed by atoms with Gasteiger partial charge in [0.05, 0.1) is 4.90 Å². The molecular formula is C13H22N2O2S. The van der Waals surface area contributed by atoms with Gasteiger partial charge in [0.2, 0.25) is 10.0 Å². The minimum atomic E-state index is -3.38. The maximum atomic E-state index is 12.0. The van der Waals surface area contributed by atoms with Crippen molar-refractivity contribution in [2.75, 3.05) is 20.1 Å². The molecule has 2 N–H and O–H groups in total. The van der Waals surface area contributed by atoms with Crippen LogP contribution < -0.4 is 10.0 Å². The summed E-state index contributed by atoms with van der Waals surface area (Å²) in [6.45, 7) is 5.27. The van der Waals surface area contributed by atoms with Gasteiger partial charge in [-0.2, -0.15) is 0 Å². The first-order chi connectivity index (χ1) is 8.49. The summed E-state index contributed by atoms with van der Waals surface area (Å²) >= 11 is 0. The number of nitrogens with one attached hydrogen (secondary N) is 2. The second kappa shape index (κ2) is 6.87. The summed E-state index contributed by atoms with van der Waals surface area (Å²) in [7, 11) is -1.52. The molecule has 1 atom stereocenters. The summed E-state index contributed by atoms with van der Waals surface area (Å²) in [5, 5.41) is 3.02. The molecule has 1 aromatic carbocycles. The van der Waals surface area contributed by atoms with Gasteiger partial charge in [-0.15, -0.1) is 0 Å². The van der Waals surface area contributed by atoms with Crippen molar-refractivity contribution in [2.24, 2.45) is 5.92 Å². The van der Waals surface area contributed by atoms with Gasteiger partial charge in [0.25, 0.3) is 0 Å². The SMILES string of the molecule is CCc1ccc(S(=O)(=O)NCC(C)CNC)cc1. The summed E-state index contributed by atoms with van der Waals surface area (Å²) in [5.74, 6) is 0.264. The fraction of sp³-hybridized carbons (Fsp3) is 0.538. The van der Waals surface area contributed by atoms with Crippen molar-refractivity contribution >= 4 is 10.0 Å². The molecule has 1 rings (SSSR count). The third-order valence-corrected chi connectivity index (χ3v) is 4.26. The largest absolute Gasteiger partial charge is 0.319 e. The minimum Gasteiger partial charge on any atom is -0.319 e. The smallest absolute Gasteiger partial charge is 0.240 e. The number of rotatable bonds is 7. The van der Waals surface area contributed by atoms with E-state index in [2.05, 4.69) is 10.0 Å². The maximum Gasteiger partial charge on any atom is 0.240 e. The molecule has 0 fully saturated rings. The lowest BCUT2D eigenvalue weighted by atomic mass is 10.2. The van der Waals surface area contributed by atoms with E-state index in [9.17, 15) is 8.42 Å². The fourth-order valence-corrected chi connectivity index (χ4v) is 2.83. The van der Waals surface area contributed by atoms with E-state index in [1.165, 1.54) is 0 Å². The van der Waals surface area contributed by atoms with E-state index < -0.39 is 10.0 Å². The average molecular weight is 270 g/mol. The first kappa shape index (κ1) is 15.1. The predicted octanol–water partition coefficient (Wildman–Crippen LogP) is 1.38. The number of hydrogen-bond acceptors (Lipinski definition) is 3. The van der Waals surface area contributed by atoms with Crippen LogP contribution in [0.4, 0.5) is 0 Å². The molecule has 102 valence electrons. The van der Waals surface area contributed by atoms with Crippen LogP contribution in [0.5, 0.6) is 0 Å². The molecule has 0 saturated heterocycles. The highest BCUT2D eigenvalue weighted by molar-refractivity contribution is 7.89. The van der Waals surface area contributed by atoms with Crippen molar-refractivity contribution in [1.29, 1.82) is 0 Å². The number of sulfonamides is 1. The van der Waals surface area contributed by atoms with Crippen molar-refractivity contribution < 1.29 is 8.42 Å². The molecular weight excluding hydrogens is 248 g/mol. The average Bonchev–Trinajstić information content (AvgIpc) is 2.37. The number of hydrogen-bond donors (Lipinski definition) is 2. The fourth-order valence-electron chi connectivity index (χ4n) is 1.66. The lowest BCUT2D eigenvalue weighted by molar-refractivity contribution is 0.519. The third-order valence-electron chi connectivity index (χ3n) is 2.82. The predicted molar refractivity (Wildman–Crippen MR) is 74.1 cm³/mol. The van der Waals surface area contributed by atoms with E-state index in [0.717, 1.165) is 18.5 Å². The van der Waals surface area contributed by atoms with Crippen LogP contribution in [0.3, 0.4) is 0 Å². The molecule has 1 unspecified atom stereocenters. The van der Waals surface area contributed by atoms with Crippen LogP contribution in [0.15, 0.2) is 29.2 Å².